The van der Waals surface area contributed by atoms with E-state index in [0.29, 0.717) is 11.3 Å². The van der Waals surface area contributed by atoms with Gasteiger partial charge in [0.05, 0.1) is 12.6 Å². The molecule has 110 valence electrons. The molecule has 2 rings (SSSR count). The number of rotatable bonds is 4. The lowest BCUT2D eigenvalue weighted by molar-refractivity contribution is 0.153. The zero-order chi connectivity index (χ0) is 13.7. The maximum Gasteiger partial charge on any atom is 0.317 e. The quantitative estimate of drug-likeness (QED) is 0.833. The van der Waals surface area contributed by atoms with Crippen molar-refractivity contribution in [1.29, 1.82) is 0 Å². The second-order valence-corrected chi connectivity index (χ2v) is 7.14. The largest absolute Gasteiger partial charge is 0.394 e. The van der Waals surface area contributed by atoms with E-state index in [0.717, 1.165) is 38.0 Å². The molecule has 2 fully saturated rings. The van der Waals surface area contributed by atoms with Crippen LogP contribution >= 0.6 is 11.8 Å². The number of nitrogens with zero attached hydrogens (tertiary/aromatic N) is 1. The van der Waals surface area contributed by atoms with Crippen LogP contribution in [0.3, 0.4) is 0 Å². The van der Waals surface area contributed by atoms with Crippen LogP contribution in [-0.2, 0) is 0 Å². The molecule has 0 aromatic heterocycles. The van der Waals surface area contributed by atoms with Crippen LogP contribution in [0.1, 0.15) is 45.4 Å². The predicted molar refractivity (Wildman–Crippen MR) is 79.5 cm³/mol. The number of hydrogen-bond donors (Lipinski definition) is 2. The first-order valence-electron chi connectivity index (χ1n) is 7.54. The Kier molecular flexibility index (Phi) is 5.82. The molecular weight excluding hydrogens is 260 g/mol. The molecule has 1 saturated carbocycles. The Bertz CT molecular complexity index is 299. The fraction of sp³-hybridized carbons (Fsp3) is 0.929. The maximum atomic E-state index is 12.2. The average molecular weight is 286 g/mol. The average Bonchev–Trinajstić information content (AvgIpc) is 2.88. The van der Waals surface area contributed by atoms with Crippen LogP contribution < -0.4 is 5.32 Å². The van der Waals surface area contributed by atoms with Crippen LogP contribution in [0.2, 0.25) is 0 Å². The van der Waals surface area contributed by atoms with E-state index in [-0.39, 0.29) is 18.7 Å². The normalized spacial score (nSPS) is 31.5. The smallest absolute Gasteiger partial charge is 0.317 e. The van der Waals surface area contributed by atoms with Gasteiger partial charge in [-0.05, 0) is 37.9 Å². The summed E-state index contributed by atoms with van der Waals surface area (Å²) in [6.45, 7) is 3.08. The highest BCUT2D eigenvalue weighted by Gasteiger charge is 2.30. The van der Waals surface area contributed by atoms with Crippen molar-refractivity contribution in [2.45, 2.75) is 62.8 Å². The fourth-order valence-electron chi connectivity index (χ4n) is 3.21. The number of aliphatic hydroxyl groups excluding tert-OH is 1. The maximum absolute atomic E-state index is 12.2. The van der Waals surface area contributed by atoms with Crippen molar-refractivity contribution >= 4 is 17.8 Å². The van der Waals surface area contributed by atoms with Crippen molar-refractivity contribution in [3.63, 3.8) is 0 Å². The number of nitrogens with one attached hydrogen (secondary N) is 1. The molecular formula is C14H26N2O2S. The highest BCUT2D eigenvalue weighted by Crippen LogP contribution is 2.28. The molecule has 2 amide bonds. The number of aliphatic hydroxyl groups is 1. The number of carbonyl (C=O) groups excluding carboxylic acids is 1. The van der Waals surface area contributed by atoms with E-state index in [1.165, 1.54) is 12.8 Å². The van der Waals surface area contributed by atoms with E-state index in [2.05, 4.69) is 12.2 Å². The second-order valence-electron chi connectivity index (χ2n) is 5.56. The minimum atomic E-state index is 0.0312. The van der Waals surface area contributed by atoms with Crippen molar-refractivity contribution in [3.05, 3.63) is 0 Å². The molecule has 1 heterocycles. The molecule has 0 aromatic carbocycles. The summed E-state index contributed by atoms with van der Waals surface area (Å²) in [4.78, 5) is 14.1. The molecule has 4 nitrogen and oxygen atoms in total. The van der Waals surface area contributed by atoms with Crippen LogP contribution in [0.25, 0.3) is 0 Å². The zero-order valence-electron chi connectivity index (χ0n) is 11.8. The van der Waals surface area contributed by atoms with Gasteiger partial charge in [0.15, 0.2) is 0 Å². The first kappa shape index (κ1) is 15.0. The Balaban J connectivity index is 1.81. The third-order valence-corrected chi connectivity index (χ3v) is 5.44. The van der Waals surface area contributed by atoms with Crippen LogP contribution in [0.15, 0.2) is 0 Å². The molecule has 0 bridgehead atoms. The molecule has 3 unspecified atom stereocenters. The molecule has 3 atom stereocenters. The summed E-state index contributed by atoms with van der Waals surface area (Å²) < 4.78 is 0. The fourth-order valence-corrected chi connectivity index (χ4v) is 4.39. The van der Waals surface area contributed by atoms with E-state index in [1.807, 2.05) is 16.7 Å². The summed E-state index contributed by atoms with van der Waals surface area (Å²) in [6.07, 6.45) is 6.65. The van der Waals surface area contributed by atoms with Gasteiger partial charge in [0.25, 0.3) is 0 Å². The standard InChI is InChI=1S/C14H26N2O2S/c1-2-19-13-7-3-5-11(9-13)15-14(18)16-8-4-6-12(16)10-17/h11-13,17H,2-10H2,1H3,(H,15,18). The van der Waals surface area contributed by atoms with Crippen LogP contribution in [0.5, 0.6) is 0 Å². The van der Waals surface area contributed by atoms with Gasteiger partial charge in [0.1, 0.15) is 0 Å². The summed E-state index contributed by atoms with van der Waals surface area (Å²) >= 11 is 2.02. The Morgan fingerprint density at radius 3 is 2.95 bits per heavy atom. The SMILES string of the molecule is CCSC1CCCC(NC(=O)N2CCCC2CO)C1. The lowest BCUT2D eigenvalue weighted by atomic mass is 9.95. The Morgan fingerprint density at radius 2 is 2.21 bits per heavy atom. The van der Waals surface area contributed by atoms with Crippen LogP contribution in [0, 0.1) is 0 Å². The summed E-state index contributed by atoms with van der Waals surface area (Å²) in [6, 6.07) is 0.387. The molecule has 19 heavy (non-hydrogen) atoms. The molecule has 1 saturated heterocycles. The number of hydrogen-bond acceptors (Lipinski definition) is 3. The molecule has 1 aliphatic carbocycles. The number of likely N-dealkylation sites (tertiary alicyclic amines) is 1. The van der Waals surface area contributed by atoms with Gasteiger partial charge in [-0.3, -0.25) is 0 Å². The number of urea groups is 1. The zero-order valence-corrected chi connectivity index (χ0v) is 12.6. The third-order valence-electron chi connectivity index (χ3n) is 4.20. The van der Waals surface area contributed by atoms with Gasteiger partial charge in [-0.15, -0.1) is 0 Å². The van der Waals surface area contributed by atoms with Gasteiger partial charge in [-0.1, -0.05) is 13.3 Å². The first-order chi connectivity index (χ1) is 9.24. The summed E-state index contributed by atoms with van der Waals surface area (Å²) in [5.74, 6) is 1.16. The predicted octanol–water partition coefficient (Wildman–Crippen LogP) is 2.22. The molecule has 5 heteroatoms. The Hall–Kier alpha value is -0.420. The van der Waals surface area contributed by atoms with E-state index in [9.17, 15) is 9.90 Å². The molecule has 2 aliphatic rings. The molecule has 0 aromatic rings. The first-order valence-corrected chi connectivity index (χ1v) is 8.59. The summed E-state index contributed by atoms with van der Waals surface area (Å²) in [5, 5.41) is 13.2. The van der Waals surface area contributed by atoms with E-state index >= 15 is 0 Å². The molecule has 1 aliphatic heterocycles. The van der Waals surface area contributed by atoms with E-state index in [4.69, 9.17) is 0 Å². The topological polar surface area (TPSA) is 52.6 Å². The van der Waals surface area contributed by atoms with Crippen LogP contribution in [0.4, 0.5) is 4.79 Å². The molecule has 2 N–H and O–H groups in total. The van der Waals surface area contributed by atoms with Gasteiger partial charge in [0.2, 0.25) is 0 Å². The molecule has 0 spiro atoms. The minimum absolute atomic E-state index is 0.0312. The van der Waals surface area contributed by atoms with Crippen molar-refractivity contribution < 1.29 is 9.90 Å². The van der Waals surface area contributed by atoms with E-state index < -0.39 is 0 Å². The highest BCUT2D eigenvalue weighted by atomic mass is 32.2. The number of carbonyl (C=O) groups is 1. The number of amides is 2. The monoisotopic (exact) mass is 286 g/mol. The van der Waals surface area contributed by atoms with Gasteiger partial charge in [-0.2, -0.15) is 11.8 Å². The lowest BCUT2D eigenvalue weighted by Gasteiger charge is -2.32. The van der Waals surface area contributed by atoms with Gasteiger partial charge >= 0.3 is 6.03 Å². The highest BCUT2D eigenvalue weighted by molar-refractivity contribution is 7.99. The Labute approximate surface area is 120 Å². The van der Waals surface area contributed by atoms with Crippen molar-refractivity contribution in [1.82, 2.24) is 10.2 Å². The minimum Gasteiger partial charge on any atom is -0.394 e. The van der Waals surface area contributed by atoms with Gasteiger partial charge in [0, 0.05) is 17.8 Å². The van der Waals surface area contributed by atoms with Crippen molar-refractivity contribution in [2.75, 3.05) is 18.9 Å². The summed E-state index contributed by atoms with van der Waals surface area (Å²) in [7, 11) is 0. The number of thioether (sulfide) groups is 1. The van der Waals surface area contributed by atoms with Gasteiger partial charge in [-0.25, -0.2) is 4.79 Å². The summed E-state index contributed by atoms with van der Waals surface area (Å²) in [5.41, 5.74) is 0. The van der Waals surface area contributed by atoms with Gasteiger partial charge < -0.3 is 15.3 Å². The van der Waals surface area contributed by atoms with Crippen molar-refractivity contribution in [3.8, 4) is 0 Å². The lowest BCUT2D eigenvalue weighted by Crippen LogP contribution is -2.49. The third kappa shape index (κ3) is 4.02. The molecule has 0 radical (unpaired) electrons. The van der Waals surface area contributed by atoms with E-state index in [1.54, 1.807) is 0 Å². The van der Waals surface area contributed by atoms with Crippen LogP contribution in [-0.4, -0.2) is 52.3 Å². The second kappa shape index (κ2) is 7.39. The Morgan fingerprint density at radius 1 is 1.37 bits per heavy atom. The van der Waals surface area contributed by atoms with Crippen molar-refractivity contribution in [2.24, 2.45) is 0 Å².